The van der Waals surface area contributed by atoms with Crippen LogP contribution in [-0.2, 0) is 6.42 Å². The third-order valence-electron chi connectivity index (χ3n) is 5.57. The largest absolute Gasteiger partial charge is 0.465 e. The summed E-state index contributed by atoms with van der Waals surface area (Å²) in [7, 11) is 0. The van der Waals surface area contributed by atoms with Gasteiger partial charge in [-0.25, -0.2) is 0 Å². The molecule has 3 aromatic carbocycles. The van der Waals surface area contributed by atoms with E-state index in [1.807, 2.05) is 84.9 Å². The lowest BCUT2D eigenvalue weighted by molar-refractivity contribution is -0.000309. The van der Waals surface area contributed by atoms with Gasteiger partial charge in [-0.05, 0) is 49.1 Å². The van der Waals surface area contributed by atoms with Gasteiger partial charge in [0.25, 0.3) is 0 Å². The number of benzene rings is 3. The van der Waals surface area contributed by atoms with E-state index in [9.17, 15) is 15.3 Å². The first-order chi connectivity index (χ1) is 15.4. The summed E-state index contributed by atoms with van der Waals surface area (Å²) in [4.78, 5) is 2.13. The van der Waals surface area contributed by atoms with Crippen LogP contribution in [0.1, 0.15) is 42.7 Å². The highest BCUT2D eigenvalue weighted by Crippen LogP contribution is 2.22. The molecule has 170 valence electrons. The van der Waals surface area contributed by atoms with E-state index in [1.54, 1.807) is 6.92 Å². The van der Waals surface area contributed by atoms with Crippen molar-refractivity contribution in [2.24, 2.45) is 0 Å². The Balaban J connectivity index is 1.72. The molecule has 3 N–H and O–H groups in total. The van der Waals surface area contributed by atoms with E-state index in [0.29, 0.717) is 18.8 Å². The molecule has 3 aromatic rings. The highest BCUT2D eigenvalue weighted by Gasteiger charge is 2.22. The maximum atomic E-state index is 10.8. The van der Waals surface area contributed by atoms with Gasteiger partial charge in [0.05, 0.1) is 12.2 Å². The van der Waals surface area contributed by atoms with Crippen LogP contribution in [0.4, 0.5) is 0 Å². The summed E-state index contributed by atoms with van der Waals surface area (Å²) in [5, 5.41) is 31.1. The normalized spacial score (nSPS) is 15.2. The quantitative estimate of drug-likeness (QED) is 0.396. The summed E-state index contributed by atoms with van der Waals surface area (Å²) in [6, 6.07) is 26.9. The first-order valence-electron chi connectivity index (χ1n) is 11.1. The summed E-state index contributed by atoms with van der Waals surface area (Å²) in [5.41, 5.74) is 2.83. The lowest BCUT2D eigenvalue weighted by Crippen LogP contribution is -2.40. The lowest BCUT2D eigenvalue weighted by atomic mass is 10.0. The van der Waals surface area contributed by atoms with Gasteiger partial charge in [0.1, 0.15) is 5.75 Å². The smallest absolute Gasteiger partial charge is 0.194 e. The predicted molar refractivity (Wildman–Crippen MR) is 126 cm³/mol. The molecule has 0 saturated carbocycles. The van der Waals surface area contributed by atoms with Crippen molar-refractivity contribution in [1.29, 1.82) is 0 Å². The monoisotopic (exact) mass is 435 g/mol. The van der Waals surface area contributed by atoms with E-state index < -0.39 is 18.5 Å². The van der Waals surface area contributed by atoms with Gasteiger partial charge < -0.3 is 20.1 Å². The zero-order valence-electron chi connectivity index (χ0n) is 18.7. The average Bonchev–Trinajstić information content (AvgIpc) is 2.80. The second-order valence-corrected chi connectivity index (χ2v) is 8.22. The Morgan fingerprint density at radius 1 is 0.688 bits per heavy atom. The molecule has 4 atom stereocenters. The minimum Gasteiger partial charge on any atom is -0.465 e. The summed E-state index contributed by atoms with van der Waals surface area (Å²) >= 11 is 0. The van der Waals surface area contributed by atoms with E-state index in [-0.39, 0.29) is 6.04 Å². The number of hydrogen-bond donors (Lipinski definition) is 3. The maximum absolute atomic E-state index is 10.8. The number of ether oxygens (including phenoxy) is 1. The molecule has 0 spiro atoms. The molecule has 5 nitrogen and oxygen atoms in total. The standard InChI is InChI=1S/C27H33NO4/c1-20(17-22-13-15-25(16-14-22)32-21(2)29)28(18-26(30)23-9-5-3-6-10-23)19-27(31)24-11-7-4-8-12-24/h3-16,20-21,26-27,29-31H,17-19H2,1-2H3. The SMILES string of the molecule is CC(O)Oc1ccc(CC(C)N(CC(O)c2ccccc2)CC(O)c2ccccc2)cc1. The van der Waals surface area contributed by atoms with E-state index in [4.69, 9.17) is 4.74 Å². The third-order valence-corrected chi connectivity index (χ3v) is 5.57. The molecule has 0 aliphatic heterocycles. The van der Waals surface area contributed by atoms with Crippen molar-refractivity contribution >= 4 is 0 Å². The number of aliphatic hydroxyl groups excluding tert-OH is 3. The molecule has 0 saturated heterocycles. The topological polar surface area (TPSA) is 73.2 Å². The predicted octanol–water partition coefficient (Wildman–Crippen LogP) is 4.10. The van der Waals surface area contributed by atoms with Crippen molar-refractivity contribution in [3.63, 3.8) is 0 Å². The van der Waals surface area contributed by atoms with E-state index >= 15 is 0 Å². The second-order valence-electron chi connectivity index (χ2n) is 8.22. The first-order valence-corrected chi connectivity index (χ1v) is 11.1. The zero-order valence-corrected chi connectivity index (χ0v) is 18.7. The van der Waals surface area contributed by atoms with Crippen LogP contribution in [0.15, 0.2) is 84.9 Å². The van der Waals surface area contributed by atoms with Gasteiger partial charge in [-0.15, -0.1) is 0 Å². The van der Waals surface area contributed by atoms with Gasteiger partial charge in [0.15, 0.2) is 6.29 Å². The van der Waals surface area contributed by atoms with Crippen LogP contribution in [0.25, 0.3) is 0 Å². The summed E-state index contributed by atoms with van der Waals surface area (Å²) < 4.78 is 5.30. The van der Waals surface area contributed by atoms with E-state index in [0.717, 1.165) is 23.1 Å². The van der Waals surface area contributed by atoms with Crippen molar-refractivity contribution in [2.45, 2.75) is 44.8 Å². The molecule has 0 bridgehead atoms. The third kappa shape index (κ3) is 7.18. The Morgan fingerprint density at radius 2 is 1.16 bits per heavy atom. The van der Waals surface area contributed by atoms with Gasteiger partial charge in [0, 0.05) is 19.1 Å². The Morgan fingerprint density at radius 3 is 1.59 bits per heavy atom. The van der Waals surface area contributed by atoms with Gasteiger partial charge >= 0.3 is 0 Å². The Hall–Kier alpha value is -2.70. The Kier molecular flexibility index (Phi) is 8.82. The van der Waals surface area contributed by atoms with Crippen LogP contribution in [0, 0.1) is 0 Å². The minimum absolute atomic E-state index is 0.0789. The number of nitrogens with zero attached hydrogens (tertiary/aromatic N) is 1. The van der Waals surface area contributed by atoms with E-state index in [2.05, 4.69) is 11.8 Å². The fraction of sp³-hybridized carbons (Fsp3) is 0.333. The van der Waals surface area contributed by atoms with Gasteiger partial charge in [0.2, 0.25) is 0 Å². The van der Waals surface area contributed by atoms with Crippen LogP contribution in [0.3, 0.4) is 0 Å². The molecule has 32 heavy (non-hydrogen) atoms. The molecule has 4 unspecified atom stereocenters. The number of hydrogen-bond acceptors (Lipinski definition) is 5. The Bertz CT molecular complexity index is 868. The Labute approximate surface area is 190 Å². The molecular formula is C27H33NO4. The zero-order chi connectivity index (χ0) is 22.9. The van der Waals surface area contributed by atoms with Crippen LogP contribution >= 0.6 is 0 Å². The molecule has 0 heterocycles. The fourth-order valence-electron chi connectivity index (χ4n) is 3.81. The van der Waals surface area contributed by atoms with Crippen molar-refractivity contribution < 1.29 is 20.1 Å². The van der Waals surface area contributed by atoms with Crippen LogP contribution in [0.5, 0.6) is 5.75 Å². The van der Waals surface area contributed by atoms with Crippen LogP contribution in [0.2, 0.25) is 0 Å². The number of rotatable bonds is 11. The molecule has 0 fully saturated rings. The summed E-state index contributed by atoms with van der Waals surface area (Å²) in [6.45, 7) is 4.51. The van der Waals surface area contributed by atoms with Crippen molar-refractivity contribution in [3.8, 4) is 5.75 Å². The molecule has 0 amide bonds. The highest BCUT2D eigenvalue weighted by molar-refractivity contribution is 5.28. The van der Waals surface area contributed by atoms with Crippen LogP contribution in [-0.4, -0.2) is 45.6 Å². The molecule has 5 heteroatoms. The van der Waals surface area contributed by atoms with Crippen LogP contribution < -0.4 is 4.74 Å². The second kappa shape index (κ2) is 11.8. The minimum atomic E-state index is -0.853. The van der Waals surface area contributed by atoms with Gasteiger partial charge in [-0.3, -0.25) is 4.90 Å². The summed E-state index contributed by atoms with van der Waals surface area (Å²) in [5.74, 6) is 0.618. The highest BCUT2D eigenvalue weighted by atomic mass is 16.6. The van der Waals surface area contributed by atoms with E-state index in [1.165, 1.54) is 0 Å². The molecule has 0 aliphatic rings. The van der Waals surface area contributed by atoms with Crippen molar-refractivity contribution in [3.05, 3.63) is 102 Å². The average molecular weight is 436 g/mol. The molecule has 3 rings (SSSR count). The number of aliphatic hydroxyl groups is 3. The first kappa shape index (κ1) is 24.0. The molecule has 0 aliphatic carbocycles. The molecular weight excluding hydrogens is 402 g/mol. The van der Waals surface area contributed by atoms with Gasteiger partial charge in [-0.1, -0.05) is 72.8 Å². The lowest BCUT2D eigenvalue weighted by Gasteiger charge is -2.33. The summed E-state index contributed by atoms with van der Waals surface area (Å²) in [6.07, 6.45) is -1.40. The molecule has 0 radical (unpaired) electrons. The van der Waals surface area contributed by atoms with Crippen molar-refractivity contribution in [2.75, 3.05) is 13.1 Å². The molecule has 0 aromatic heterocycles. The fourth-order valence-corrected chi connectivity index (χ4v) is 3.81. The maximum Gasteiger partial charge on any atom is 0.194 e. The van der Waals surface area contributed by atoms with Gasteiger partial charge in [-0.2, -0.15) is 0 Å². The van der Waals surface area contributed by atoms with Crippen molar-refractivity contribution in [1.82, 2.24) is 4.90 Å².